The highest BCUT2D eigenvalue weighted by Crippen LogP contribution is 2.55. The first kappa shape index (κ1) is 25.9. The lowest BCUT2D eigenvalue weighted by Crippen LogP contribution is -2.62. The van der Waals surface area contributed by atoms with Crippen molar-refractivity contribution in [2.45, 2.75) is 82.8 Å². The van der Waals surface area contributed by atoms with Crippen molar-refractivity contribution in [2.24, 2.45) is 0 Å². The van der Waals surface area contributed by atoms with Crippen LogP contribution in [0, 0.1) is 0 Å². The maximum atomic E-state index is 15.0. The van der Waals surface area contributed by atoms with Crippen LogP contribution in [0.5, 0.6) is 0 Å². The molecular weight excluding hydrogens is 531 g/mol. The van der Waals surface area contributed by atoms with Gasteiger partial charge in [0.05, 0.1) is 43.9 Å². The van der Waals surface area contributed by atoms with Crippen molar-refractivity contribution in [2.75, 3.05) is 0 Å². The van der Waals surface area contributed by atoms with E-state index in [0.29, 0.717) is 11.1 Å². The molecule has 2 aromatic heterocycles. The van der Waals surface area contributed by atoms with Crippen LogP contribution in [-0.4, -0.2) is 33.7 Å². The van der Waals surface area contributed by atoms with Gasteiger partial charge in [0.2, 0.25) is 0 Å². The van der Waals surface area contributed by atoms with Crippen molar-refractivity contribution >= 4 is 75.4 Å². The molecular formula is C33H37N3O2SSi. The second kappa shape index (κ2) is 8.49. The number of thioether (sulfide) groups is 1. The van der Waals surface area contributed by atoms with Gasteiger partial charge in [0.15, 0.2) is 8.24 Å². The molecule has 2 amide bonds. The smallest absolute Gasteiger partial charge is 0.254 e. The van der Waals surface area contributed by atoms with E-state index >= 15 is 0 Å². The zero-order chi connectivity index (χ0) is 28.4. The molecule has 40 heavy (non-hydrogen) atoms. The minimum absolute atomic E-state index is 0.0815. The lowest BCUT2D eigenvalue weighted by atomic mass is 9.96. The van der Waals surface area contributed by atoms with Gasteiger partial charge in [-0.15, -0.1) is 11.8 Å². The Kier molecular flexibility index (Phi) is 5.50. The van der Waals surface area contributed by atoms with Gasteiger partial charge < -0.3 is 13.7 Å². The predicted molar refractivity (Wildman–Crippen MR) is 171 cm³/mol. The van der Waals surface area contributed by atoms with E-state index in [1.807, 2.05) is 16.3 Å². The molecule has 2 atom stereocenters. The molecule has 0 aliphatic carbocycles. The Morgan fingerprint density at radius 3 is 1.40 bits per heavy atom. The van der Waals surface area contributed by atoms with E-state index in [2.05, 4.69) is 113 Å². The molecule has 206 valence electrons. The van der Waals surface area contributed by atoms with Gasteiger partial charge in [-0.25, -0.2) is 0 Å². The van der Waals surface area contributed by atoms with Crippen LogP contribution in [-0.2, 0) is 0 Å². The number of aromatic nitrogens is 2. The van der Waals surface area contributed by atoms with Gasteiger partial charge in [0.25, 0.3) is 11.8 Å². The minimum atomic E-state index is -2.62. The first-order valence-electron chi connectivity index (χ1n) is 14.6. The van der Waals surface area contributed by atoms with E-state index in [9.17, 15) is 9.59 Å². The third-order valence-corrected chi connectivity index (χ3v) is 17.9. The highest BCUT2D eigenvalue weighted by Gasteiger charge is 2.57. The van der Waals surface area contributed by atoms with Crippen molar-refractivity contribution in [3.05, 3.63) is 59.7 Å². The number of rotatable bonds is 4. The lowest BCUT2D eigenvalue weighted by Gasteiger charge is -2.48. The van der Waals surface area contributed by atoms with Crippen LogP contribution in [0.3, 0.4) is 0 Å². The summed E-state index contributed by atoms with van der Waals surface area (Å²) in [6.45, 7) is 17.8. The number of imide groups is 1. The number of amides is 2. The van der Waals surface area contributed by atoms with E-state index < -0.39 is 8.24 Å². The standard InChI is InChI=1S/C33H37N3O2SSi/c1-17(2)40(18(3)4,19(5)6)36-32(37)28-26-22-13-9-11-15-24(22)34-20(7)39-21(8)35-25-16-12-10-14-23(25)27(29(28)33(36)38)31(35)30(26)34/h9-21H,1-8H3/t20-,21+. The number of hydrogen-bond donors (Lipinski definition) is 0. The number of carbonyl (C=O) groups is 2. The van der Waals surface area contributed by atoms with Gasteiger partial charge in [-0.2, -0.15) is 0 Å². The zero-order valence-corrected chi connectivity index (χ0v) is 26.4. The fourth-order valence-corrected chi connectivity index (χ4v) is 16.5. The van der Waals surface area contributed by atoms with Crippen LogP contribution >= 0.6 is 11.8 Å². The second-order valence-electron chi connectivity index (χ2n) is 12.6. The van der Waals surface area contributed by atoms with E-state index in [1.165, 1.54) is 0 Å². The van der Waals surface area contributed by atoms with Crippen molar-refractivity contribution in [1.82, 2.24) is 13.7 Å². The number of para-hydroxylation sites is 2. The predicted octanol–water partition coefficient (Wildman–Crippen LogP) is 9.46. The quantitative estimate of drug-likeness (QED) is 0.160. The maximum Gasteiger partial charge on any atom is 0.254 e. The molecule has 7 heteroatoms. The molecule has 0 N–H and O–H groups in total. The van der Waals surface area contributed by atoms with E-state index in [0.717, 1.165) is 43.6 Å². The molecule has 2 aliphatic heterocycles. The minimum Gasteiger partial charge on any atom is -0.326 e. The summed E-state index contributed by atoms with van der Waals surface area (Å²) in [5, 5.41) is 4.34. The molecule has 0 saturated carbocycles. The molecule has 7 rings (SSSR count). The zero-order valence-electron chi connectivity index (χ0n) is 24.6. The van der Waals surface area contributed by atoms with Crippen LogP contribution in [0.4, 0.5) is 0 Å². The van der Waals surface area contributed by atoms with Crippen LogP contribution < -0.4 is 0 Å². The molecule has 5 aromatic rings. The van der Waals surface area contributed by atoms with Crippen LogP contribution in [0.1, 0.15) is 86.9 Å². The van der Waals surface area contributed by atoms with Gasteiger partial charge >= 0.3 is 0 Å². The third-order valence-electron chi connectivity index (χ3n) is 9.91. The molecule has 0 radical (unpaired) electrons. The fourth-order valence-electron chi connectivity index (χ4n) is 8.78. The van der Waals surface area contributed by atoms with Gasteiger partial charge in [-0.1, -0.05) is 77.9 Å². The van der Waals surface area contributed by atoms with Gasteiger partial charge in [0.1, 0.15) is 0 Å². The molecule has 0 bridgehead atoms. The molecule has 5 nitrogen and oxygen atoms in total. The Bertz CT molecular complexity index is 1770. The van der Waals surface area contributed by atoms with Crippen molar-refractivity contribution in [1.29, 1.82) is 0 Å². The van der Waals surface area contributed by atoms with Gasteiger partial charge in [0, 0.05) is 21.5 Å². The molecule has 4 heterocycles. The highest BCUT2D eigenvalue weighted by atomic mass is 32.2. The molecule has 2 aliphatic rings. The van der Waals surface area contributed by atoms with Gasteiger partial charge in [-0.3, -0.25) is 9.59 Å². The van der Waals surface area contributed by atoms with Crippen LogP contribution in [0.2, 0.25) is 16.6 Å². The first-order chi connectivity index (χ1) is 19.0. The monoisotopic (exact) mass is 567 g/mol. The summed E-state index contributed by atoms with van der Waals surface area (Å²) in [6.07, 6.45) is 0. The van der Waals surface area contributed by atoms with Crippen LogP contribution in [0.25, 0.3) is 43.6 Å². The van der Waals surface area contributed by atoms with Crippen LogP contribution in [0.15, 0.2) is 48.5 Å². The lowest BCUT2D eigenvalue weighted by molar-refractivity contribution is 0.0743. The van der Waals surface area contributed by atoms with Gasteiger partial charge in [-0.05, 0) is 42.6 Å². The number of nitrogens with zero attached hydrogens (tertiary/aromatic N) is 3. The Labute approximate surface area is 240 Å². The Hall–Kier alpha value is -3.03. The summed E-state index contributed by atoms with van der Waals surface area (Å²) < 4.78 is 6.67. The average molecular weight is 568 g/mol. The summed E-state index contributed by atoms with van der Waals surface area (Å²) in [6, 6.07) is 16.9. The molecule has 0 spiro atoms. The molecule has 0 unspecified atom stereocenters. The topological polar surface area (TPSA) is 47.2 Å². The summed E-state index contributed by atoms with van der Waals surface area (Å²) in [4.78, 5) is 30.0. The number of hydrogen-bond acceptors (Lipinski definition) is 3. The van der Waals surface area contributed by atoms with Crippen molar-refractivity contribution < 1.29 is 9.59 Å². The van der Waals surface area contributed by atoms with Crippen molar-refractivity contribution in [3.63, 3.8) is 0 Å². The first-order valence-corrected chi connectivity index (χ1v) is 17.7. The maximum absolute atomic E-state index is 15.0. The second-order valence-corrected chi connectivity index (χ2v) is 19.9. The number of fused-ring (bicyclic) bond motifs is 9. The van der Waals surface area contributed by atoms with E-state index in [-0.39, 0.29) is 39.2 Å². The largest absolute Gasteiger partial charge is 0.326 e. The molecule has 0 fully saturated rings. The summed E-state index contributed by atoms with van der Waals surface area (Å²) in [5.74, 6) is -0.163. The summed E-state index contributed by atoms with van der Waals surface area (Å²) in [7, 11) is -2.62. The van der Waals surface area contributed by atoms with Crippen molar-refractivity contribution in [3.8, 4) is 0 Å². The fraction of sp³-hybridized carbons (Fsp3) is 0.394. The summed E-state index contributed by atoms with van der Waals surface area (Å²) in [5.41, 5.74) is 6.37. The van der Waals surface area contributed by atoms with E-state index in [1.54, 1.807) is 0 Å². The summed E-state index contributed by atoms with van der Waals surface area (Å²) >= 11 is 1.91. The Morgan fingerprint density at radius 2 is 1.02 bits per heavy atom. The SMILES string of the molecule is CC(C)[Si](C(C)C)(C(C)C)N1C(=O)c2c(c3c4ccccc4n4c3c3c2c2ccccc2n3[C@H](C)S[C@@H]4C)C1=O. The number of benzene rings is 3. The third kappa shape index (κ3) is 2.85. The van der Waals surface area contributed by atoms with E-state index in [4.69, 9.17) is 0 Å². The molecule has 3 aromatic carbocycles. The molecule has 0 saturated heterocycles. The normalized spacial score (nSPS) is 19.6. The highest BCUT2D eigenvalue weighted by molar-refractivity contribution is 7.99. The Balaban J connectivity index is 1.76. The average Bonchev–Trinajstić information content (AvgIpc) is 3.48. The Morgan fingerprint density at radius 1 is 0.650 bits per heavy atom. The number of carbonyl (C=O) groups excluding carboxylic acids is 2.